The molecule has 6 heteroatoms. The fraction of sp³-hybridized carbons (Fsp3) is 0.714. The fourth-order valence-corrected chi connectivity index (χ4v) is 0.732. The van der Waals surface area contributed by atoms with E-state index >= 15 is 0 Å². The number of aliphatic carboxylic acids is 1. The van der Waals surface area contributed by atoms with Crippen LogP contribution in [0.1, 0.15) is 6.42 Å². The largest absolute Gasteiger partial charge is 0.480 e. The van der Waals surface area contributed by atoms with Crippen molar-refractivity contribution < 1.29 is 19.4 Å². The molecule has 0 aromatic heterocycles. The van der Waals surface area contributed by atoms with Gasteiger partial charge in [-0.15, -0.1) is 12.4 Å². The van der Waals surface area contributed by atoms with Crippen LogP contribution in [0.25, 0.3) is 0 Å². The Morgan fingerprint density at radius 2 is 1.92 bits per heavy atom. The number of methoxy groups -OCH3 is 1. The Bertz CT molecular complexity index is 183. The van der Waals surface area contributed by atoms with Gasteiger partial charge >= 0.3 is 11.9 Å². The molecule has 0 fully saturated rings. The fourth-order valence-electron chi connectivity index (χ4n) is 0.732. The third-order valence-corrected chi connectivity index (χ3v) is 1.50. The molecule has 0 unspecified atom stereocenters. The molecular weight excluding hydrogens is 198 g/mol. The van der Waals surface area contributed by atoms with Crippen LogP contribution in [-0.2, 0) is 14.3 Å². The van der Waals surface area contributed by atoms with Crippen LogP contribution in [0.3, 0.4) is 0 Å². The maximum absolute atomic E-state index is 10.7. The zero-order valence-corrected chi connectivity index (χ0v) is 8.63. The maximum atomic E-state index is 10.7. The normalized spacial score (nSPS) is 11.7. The predicted octanol–water partition coefficient (Wildman–Crippen LogP) is -0.0139. The second kappa shape index (κ2) is 6.68. The molecule has 0 aliphatic heterocycles. The Morgan fingerprint density at radius 3 is 2.15 bits per heavy atom. The number of likely N-dealkylation sites (N-methyl/N-ethyl adjacent to an activating group) is 1. The molecule has 0 aromatic rings. The summed E-state index contributed by atoms with van der Waals surface area (Å²) in [4.78, 5) is 22.7. The molecule has 0 saturated heterocycles. The molecule has 0 aromatic carbocycles. The van der Waals surface area contributed by atoms with E-state index in [1.165, 1.54) is 12.0 Å². The molecule has 0 bridgehead atoms. The number of rotatable bonds is 4. The van der Waals surface area contributed by atoms with Crippen LogP contribution in [0.5, 0.6) is 0 Å². The molecule has 0 heterocycles. The van der Waals surface area contributed by atoms with Crippen molar-refractivity contribution in [2.45, 2.75) is 12.5 Å². The zero-order valence-electron chi connectivity index (χ0n) is 7.81. The summed E-state index contributed by atoms with van der Waals surface area (Å²) in [7, 11) is 4.43. The number of hydrogen-bond donors (Lipinski definition) is 1. The molecule has 1 atom stereocenters. The average molecular weight is 212 g/mol. The van der Waals surface area contributed by atoms with E-state index < -0.39 is 18.0 Å². The van der Waals surface area contributed by atoms with Crippen LogP contribution in [-0.4, -0.2) is 49.2 Å². The van der Waals surface area contributed by atoms with Gasteiger partial charge in [0.1, 0.15) is 6.04 Å². The Morgan fingerprint density at radius 1 is 1.46 bits per heavy atom. The van der Waals surface area contributed by atoms with E-state index in [1.807, 2.05) is 0 Å². The van der Waals surface area contributed by atoms with Gasteiger partial charge < -0.3 is 9.84 Å². The Kier molecular flexibility index (Phi) is 7.55. The van der Waals surface area contributed by atoms with E-state index in [1.54, 1.807) is 14.1 Å². The number of ether oxygens (including phenoxy) is 1. The van der Waals surface area contributed by atoms with Crippen molar-refractivity contribution >= 4 is 24.3 Å². The highest BCUT2D eigenvalue weighted by Gasteiger charge is 2.23. The zero-order chi connectivity index (χ0) is 9.72. The van der Waals surface area contributed by atoms with Crippen molar-refractivity contribution in [2.75, 3.05) is 21.2 Å². The van der Waals surface area contributed by atoms with Crippen LogP contribution >= 0.6 is 12.4 Å². The molecular formula is C7H14ClNO4. The van der Waals surface area contributed by atoms with Crippen LogP contribution in [0.2, 0.25) is 0 Å². The molecule has 1 N–H and O–H groups in total. The van der Waals surface area contributed by atoms with Gasteiger partial charge in [0.15, 0.2) is 0 Å². The first-order valence-electron chi connectivity index (χ1n) is 3.45. The number of carbonyl (C=O) groups is 2. The predicted molar refractivity (Wildman–Crippen MR) is 49.0 cm³/mol. The van der Waals surface area contributed by atoms with E-state index in [-0.39, 0.29) is 18.8 Å². The number of hydrogen-bond acceptors (Lipinski definition) is 4. The van der Waals surface area contributed by atoms with Gasteiger partial charge in [-0.1, -0.05) is 0 Å². The van der Waals surface area contributed by atoms with Crippen LogP contribution in [0, 0.1) is 0 Å². The summed E-state index contributed by atoms with van der Waals surface area (Å²) in [6.45, 7) is 0. The number of halogens is 1. The van der Waals surface area contributed by atoms with Crippen LogP contribution in [0.15, 0.2) is 0 Å². The molecule has 0 spiro atoms. The Labute approximate surface area is 83.1 Å². The maximum Gasteiger partial charge on any atom is 0.321 e. The highest BCUT2D eigenvalue weighted by atomic mass is 35.5. The van der Waals surface area contributed by atoms with Crippen LogP contribution in [0.4, 0.5) is 0 Å². The first-order valence-corrected chi connectivity index (χ1v) is 3.45. The van der Waals surface area contributed by atoms with Gasteiger partial charge in [0.25, 0.3) is 0 Å². The Balaban J connectivity index is 0. The summed E-state index contributed by atoms with van der Waals surface area (Å²) in [6, 6.07) is -0.808. The second-order valence-electron chi connectivity index (χ2n) is 2.60. The third kappa shape index (κ3) is 5.43. The smallest absolute Gasteiger partial charge is 0.321 e. The van der Waals surface area contributed by atoms with Gasteiger partial charge in [-0.25, -0.2) is 0 Å². The van der Waals surface area contributed by atoms with E-state index in [0.717, 1.165) is 0 Å². The number of nitrogens with zero attached hydrogens (tertiary/aromatic N) is 1. The van der Waals surface area contributed by atoms with Crippen LogP contribution < -0.4 is 0 Å². The average Bonchev–Trinajstić information content (AvgIpc) is 1.98. The highest BCUT2D eigenvalue weighted by molar-refractivity contribution is 5.85. The van der Waals surface area contributed by atoms with E-state index in [4.69, 9.17) is 5.11 Å². The summed E-state index contributed by atoms with van der Waals surface area (Å²) in [5.74, 6) is -1.54. The summed E-state index contributed by atoms with van der Waals surface area (Å²) in [6.07, 6.45) is -0.126. The van der Waals surface area contributed by atoms with Crippen molar-refractivity contribution in [3.8, 4) is 0 Å². The number of esters is 1. The highest BCUT2D eigenvalue weighted by Crippen LogP contribution is 2.00. The lowest BCUT2D eigenvalue weighted by molar-refractivity contribution is -0.150. The van der Waals surface area contributed by atoms with Gasteiger partial charge in [0.2, 0.25) is 0 Å². The van der Waals surface area contributed by atoms with Gasteiger partial charge in [0.05, 0.1) is 13.5 Å². The van der Waals surface area contributed by atoms with Crippen molar-refractivity contribution in [3.63, 3.8) is 0 Å². The molecule has 0 aliphatic carbocycles. The monoisotopic (exact) mass is 211 g/mol. The lowest BCUT2D eigenvalue weighted by atomic mass is 10.2. The van der Waals surface area contributed by atoms with Gasteiger partial charge in [-0.05, 0) is 14.1 Å². The SMILES string of the molecule is COC(=O)C[C@@H](C(=O)O)N(C)C.Cl. The lowest BCUT2D eigenvalue weighted by Crippen LogP contribution is -2.37. The summed E-state index contributed by atoms with van der Waals surface area (Å²) in [5.41, 5.74) is 0. The first kappa shape index (κ1) is 14.7. The van der Waals surface area contributed by atoms with Gasteiger partial charge in [-0.3, -0.25) is 14.5 Å². The molecule has 78 valence electrons. The molecule has 0 radical (unpaired) electrons. The second-order valence-corrected chi connectivity index (χ2v) is 2.60. The Hall–Kier alpha value is -0.810. The summed E-state index contributed by atoms with van der Waals surface area (Å²) in [5, 5.41) is 8.64. The summed E-state index contributed by atoms with van der Waals surface area (Å²) >= 11 is 0. The third-order valence-electron chi connectivity index (χ3n) is 1.50. The lowest BCUT2D eigenvalue weighted by Gasteiger charge is -2.18. The minimum atomic E-state index is -1.02. The molecule has 5 nitrogen and oxygen atoms in total. The minimum absolute atomic E-state index is 0. The van der Waals surface area contributed by atoms with Crippen molar-refractivity contribution in [1.29, 1.82) is 0 Å². The van der Waals surface area contributed by atoms with E-state index in [0.29, 0.717) is 0 Å². The van der Waals surface area contributed by atoms with Gasteiger partial charge in [0, 0.05) is 0 Å². The topological polar surface area (TPSA) is 66.8 Å². The molecule has 0 saturated carbocycles. The van der Waals surface area contributed by atoms with Gasteiger partial charge in [-0.2, -0.15) is 0 Å². The first-order chi connectivity index (χ1) is 5.49. The molecule has 0 aliphatic rings. The quantitative estimate of drug-likeness (QED) is 0.663. The van der Waals surface area contributed by atoms with Crippen molar-refractivity contribution in [3.05, 3.63) is 0 Å². The number of carboxylic acids is 1. The van der Waals surface area contributed by atoms with E-state index in [2.05, 4.69) is 4.74 Å². The number of carboxylic acid groups (broad SMARTS) is 1. The van der Waals surface area contributed by atoms with E-state index in [9.17, 15) is 9.59 Å². The molecule has 0 rings (SSSR count). The molecule has 0 amide bonds. The number of carbonyl (C=O) groups excluding carboxylic acids is 1. The standard InChI is InChI=1S/C7H13NO4.ClH/c1-8(2)5(7(10)11)4-6(9)12-3;/h5H,4H2,1-3H3,(H,10,11);1H/t5-;/m0./s1. The van der Waals surface area contributed by atoms with Crippen molar-refractivity contribution in [1.82, 2.24) is 4.90 Å². The summed E-state index contributed by atoms with van der Waals surface area (Å²) < 4.78 is 4.35. The minimum Gasteiger partial charge on any atom is -0.480 e. The van der Waals surface area contributed by atoms with Crippen molar-refractivity contribution in [2.24, 2.45) is 0 Å². The molecule has 13 heavy (non-hydrogen) atoms.